The number of rotatable bonds is 12. The maximum atomic E-state index is 3.37. The van der Waals surface area contributed by atoms with Crippen LogP contribution in [0, 0.1) is 109 Å². The fraction of sp³-hybridized carbons (Fsp3) is 0.333. The molecule has 0 saturated heterocycles. The van der Waals surface area contributed by atoms with Gasteiger partial charge in [-0.15, -0.1) is 22.3 Å². The summed E-state index contributed by atoms with van der Waals surface area (Å²) in [6, 6.07) is 76.1. The Balaban J connectivity index is -0.0000000514. The molecule has 30 heteroatoms. The van der Waals surface area contributed by atoms with E-state index in [0.29, 0.717) is 0 Å². The number of hydrogen-bond acceptors (Lipinski definition) is 0. The van der Waals surface area contributed by atoms with Gasteiger partial charge in [0.25, 0.3) is 0 Å². The Hall–Kier alpha value is 23.8. The van der Waals surface area contributed by atoms with E-state index >= 15 is 0 Å². The van der Waals surface area contributed by atoms with E-state index in [1.807, 2.05) is 0 Å². The van der Waals surface area contributed by atoms with E-state index in [1.54, 1.807) is 11.1 Å². The number of hydrogen-bond donors (Lipinski definition) is 0. The Bertz CT molecular complexity index is 5310. The molecule has 14 aromatic carbocycles. The Morgan fingerprint density at radius 1 is 0.167 bits per heavy atom. The monoisotopic (exact) mass is 4090 g/mol. The summed E-state index contributed by atoms with van der Waals surface area (Å²) in [7, 11) is 0. The predicted octanol–water partition coefficient (Wildman–Crippen LogP) is 30.4. The summed E-state index contributed by atoms with van der Waals surface area (Å²) in [5, 5.41) is 17.0. The van der Waals surface area contributed by atoms with Crippen LogP contribution in [0.2, 0.25) is 0 Å². The molecule has 0 aliphatic heterocycles. The van der Waals surface area contributed by atoms with Crippen molar-refractivity contribution in [1.82, 2.24) is 0 Å². The van der Waals surface area contributed by atoms with Crippen LogP contribution in [0.25, 0.3) is 75.8 Å². The molecule has 0 aromatic heterocycles. The molecule has 30 radical (unpaired) electrons. The molecule has 0 atom stereocenters. The third-order valence-electron chi connectivity index (χ3n) is 22.8. The Kier molecular flexibility index (Phi) is 189. The minimum atomic E-state index is 0. The first-order valence-corrected chi connectivity index (χ1v) is 40.9. The van der Waals surface area contributed by atoms with Crippen LogP contribution in [-0.2, 0) is 1050 Å². The molecule has 138 heavy (non-hydrogen) atoms. The summed E-state index contributed by atoms with van der Waals surface area (Å²) < 4.78 is 0. The van der Waals surface area contributed by atoms with Gasteiger partial charge in [-0.05, 0) is 313 Å². The van der Waals surface area contributed by atoms with Gasteiger partial charge in [-0.25, -0.2) is 11.1 Å². The Morgan fingerprint density at radius 3 is 0.768 bits per heavy atom. The maximum absolute atomic E-state index is 3.37. The van der Waals surface area contributed by atoms with Crippen molar-refractivity contribution in [2.45, 2.75) is 244 Å². The van der Waals surface area contributed by atoms with E-state index in [9.17, 15) is 0 Å². The van der Waals surface area contributed by atoms with Crippen molar-refractivity contribution in [3.05, 3.63) is 339 Å². The van der Waals surface area contributed by atoms with Crippen LogP contribution in [-0.4, -0.2) is 0 Å². The van der Waals surface area contributed by atoms with Gasteiger partial charge in [-0.2, -0.15) is 36.4 Å². The standard InChI is InChI=1S/C18H20.3C16H20.3C14H16.30Y/c1-5-15-11-17(9-7-13(15)3)18-10-8-14(4)16(6-2)12-18;1-5-13-7-11(3)10-16-14(6-2)8-12(4)9-15(13)16;1-5-13-9-15-11(3)7-8-12(4)16(15)10-14(13)6-2;1-5-13-11(3)15-9-7-8-10-16(15)12(4)14(13)6-2;1-4-12-7-11(3)8-13-6-5-10(2)9-14(12)13;1-4-12-7-8-13-10(2)5-6-11(3)14(13)9-12;1-4-12-9-10(2)13-7-5-6-8-14(13)11(12)3;;;;;;;;;;;;;;;;;;;;;;;;;;;;;;/h7-8,11-12H,5-6H2,1-4H3;3*7-10H,5-6H2,1-4H3;3*5-9H,4H2,1-3H3;;;;;;;;;;;;;;;;;;;;;;;;;;;;;;/q-2;;;;;;;;;;;;;;;;;;;;;;;;;;;;;;;;;;;;. The number of fused-ring (bicyclic) bond motifs is 6. The largest absolute Gasteiger partial charge is 0.226 e. The summed E-state index contributed by atoms with van der Waals surface area (Å²) in [5.41, 5.74) is 37.9. The molecule has 0 fully saturated rings. The van der Waals surface area contributed by atoms with Gasteiger partial charge in [0.2, 0.25) is 0 Å². The second-order valence-electron chi connectivity index (χ2n) is 30.3. The van der Waals surface area contributed by atoms with Crippen molar-refractivity contribution in [3.8, 4) is 11.1 Å². The van der Waals surface area contributed by atoms with Crippen LogP contribution in [0.15, 0.2) is 188 Å². The van der Waals surface area contributed by atoms with Gasteiger partial charge >= 0.3 is 0 Å². The fourth-order valence-electron chi connectivity index (χ4n) is 16.2. The first kappa shape index (κ1) is 217. The molecular weight excluding hydrogens is 3960 g/mol. The second-order valence-corrected chi connectivity index (χ2v) is 30.3. The third-order valence-corrected chi connectivity index (χ3v) is 22.8. The van der Waals surface area contributed by atoms with Crippen molar-refractivity contribution in [3.63, 3.8) is 0 Å². The van der Waals surface area contributed by atoms with Crippen molar-refractivity contribution in [1.29, 1.82) is 0 Å². The van der Waals surface area contributed by atoms with E-state index in [4.69, 9.17) is 0 Å². The maximum Gasteiger partial charge on any atom is 0 e. The second kappa shape index (κ2) is 120. The van der Waals surface area contributed by atoms with Crippen LogP contribution >= 0.6 is 0 Å². The summed E-state index contributed by atoms with van der Waals surface area (Å²) in [6.45, 7) is 55.2. The molecule has 0 nitrogen and oxygen atoms in total. The van der Waals surface area contributed by atoms with Crippen molar-refractivity contribution in [2.75, 3.05) is 0 Å². The predicted molar refractivity (Wildman–Crippen MR) is 483 cm³/mol. The summed E-state index contributed by atoms with van der Waals surface area (Å²) >= 11 is 0. The van der Waals surface area contributed by atoms with Crippen molar-refractivity contribution < 1.29 is 981 Å². The quantitative estimate of drug-likeness (QED) is 0.107. The third kappa shape index (κ3) is 68.9. The average molecular weight is 4090 g/mol. The minimum Gasteiger partial charge on any atom is -0.226 e. The van der Waals surface area contributed by atoms with Gasteiger partial charge in [0.05, 0.1) is 0 Å². The molecule has 0 aliphatic rings. The van der Waals surface area contributed by atoms with Crippen LogP contribution in [0.1, 0.15) is 215 Å². The van der Waals surface area contributed by atoms with Gasteiger partial charge in [0.1, 0.15) is 0 Å². The minimum absolute atomic E-state index is 0. The zero-order valence-corrected chi connectivity index (χ0v) is 174. The van der Waals surface area contributed by atoms with Crippen LogP contribution in [0.3, 0.4) is 0 Å². The van der Waals surface area contributed by atoms with Crippen LogP contribution < -0.4 is 0 Å². The zero-order chi connectivity index (χ0) is 78.6. The molecule has 0 saturated carbocycles. The number of aryl methyl sites for hydroxylation is 23. The molecule has 0 bridgehead atoms. The molecule has 652 valence electrons. The topological polar surface area (TPSA) is 0 Å². The molecule has 0 aliphatic carbocycles. The van der Waals surface area contributed by atoms with Crippen LogP contribution in [0.5, 0.6) is 0 Å². The van der Waals surface area contributed by atoms with Gasteiger partial charge in [0, 0.05) is 981 Å². The summed E-state index contributed by atoms with van der Waals surface area (Å²) in [6.07, 6.45) is 12.3. The van der Waals surface area contributed by atoms with E-state index in [-0.39, 0.29) is 981 Å². The zero-order valence-electron chi connectivity index (χ0n) is 88.5. The molecule has 14 rings (SSSR count). The van der Waals surface area contributed by atoms with Crippen molar-refractivity contribution in [2.24, 2.45) is 0 Å². The number of benzene rings is 14. The SMILES string of the molecule is CCc1c(CC)c(C)c2ccccc2c1C.CCc1cc(-c2[c-]cc(C)c(CC)c2)[c-]cc1C.CCc1cc(C)c2ccccc2c1C.CCc1cc(C)cc2c(CC)cc(C)cc12.CCc1cc(C)cc2ccc(C)cc12.CCc1cc2c(C)ccc(C)c2cc1CC.CCc1ccc2c(C)ccc(C)c2c1.[Y].[Y].[Y].[Y].[Y].[Y].[Y].[Y].[Y].[Y].[Y].[Y].[Y].[Y].[Y].[Y].[Y].[Y].[Y].[Y].[Y].[Y].[Y].[Y].[Y].[Y].[Y].[Y].[Y].[Y]. The van der Waals surface area contributed by atoms with E-state index in [2.05, 4.69) is 373 Å². The van der Waals surface area contributed by atoms with Crippen LogP contribution in [0.4, 0.5) is 0 Å². The first-order valence-electron chi connectivity index (χ1n) is 40.9. The Labute approximate surface area is 1600 Å². The molecule has 0 N–H and O–H groups in total. The average Bonchev–Trinajstić information content (AvgIpc) is 0.770. The molecular formula is C108H128Y30-2. The molecule has 0 amide bonds. The van der Waals surface area contributed by atoms with E-state index in [0.717, 1.165) is 81.8 Å². The molecule has 0 heterocycles. The Morgan fingerprint density at radius 2 is 0.449 bits per heavy atom. The normalized spacial score (nSPS) is 8.50. The molecule has 0 spiro atoms. The smallest absolute Gasteiger partial charge is 0 e. The van der Waals surface area contributed by atoms with E-state index < -0.39 is 0 Å². The fourth-order valence-corrected chi connectivity index (χ4v) is 16.2. The van der Waals surface area contributed by atoms with Gasteiger partial charge in [0.15, 0.2) is 0 Å². The summed E-state index contributed by atoms with van der Waals surface area (Å²) in [4.78, 5) is 0. The molecule has 0 unspecified atom stereocenters. The van der Waals surface area contributed by atoms with Gasteiger partial charge in [-0.3, -0.25) is 0 Å². The van der Waals surface area contributed by atoms with E-state index in [1.165, 1.54) is 193 Å². The summed E-state index contributed by atoms with van der Waals surface area (Å²) in [5.74, 6) is 0. The molecule has 14 aromatic rings. The first-order chi connectivity index (χ1) is 51.8. The van der Waals surface area contributed by atoms with Gasteiger partial charge in [-0.1, -0.05) is 276 Å². The van der Waals surface area contributed by atoms with Crippen molar-refractivity contribution >= 4 is 64.6 Å². The van der Waals surface area contributed by atoms with Gasteiger partial charge < -0.3 is 0 Å².